The number of carbonyl (C=O) groups excluding carboxylic acids is 1. The fourth-order valence-electron chi connectivity index (χ4n) is 7.08. The molecule has 2 fully saturated rings. The van der Waals surface area contributed by atoms with Crippen LogP contribution >= 0.6 is 0 Å². The van der Waals surface area contributed by atoms with Gasteiger partial charge in [0.2, 0.25) is 5.91 Å². The van der Waals surface area contributed by atoms with Crippen molar-refractivity contribution in [3.63, 3.8) is 0 Å². The van der Waals surface area contributed by atoms with Crippen LogP contribution in [-0.2, 0) is 23.8 Å². The first kappa shape index (κ1) is 32.0. The molecule has 3 heterocycles. The normalized spacial score (nSPS) is 26.0. The number of aryl methyl sites for hydroxylation is 1. The number of benzene rings is 1. The van der Waals surface area contributed by atoms with Gasteiger partial charge in [-0.05, 0) is 81.3 Å². The molecule has 1 aromatic carbocycles. The molecule has 1 aromatic heterocycles. The average Bonchev–Trinajstić information content (AvgIpc) is 3.30. The molecule has 2 aromatic rings. The van der Waals surface area contributed by atoms with E-state index in [4.69, 9.17) is 14.7 Å². The van der Waals surface area contributed by atoms with Crippen LogP contribution in [0, 0.1) is 12.8 Å². The van der Waals surface area contributed by atoms with Gasteiger partial charge in [-0.1, -0.05) is 13.5 Å². The number of nitrogens with zero attached hydrogens (tertiary/aromatic N) is 5. The van der Waals surface area contributed by atoms with E-state index in [1.165, 1.54) is 19.1 Å². The van der Waals surface area contributed by atoms with Crippen molar-refractivity contribution in [3.8, 4) is 6.01 Å². The molecule has 1 N–H and O–H groups in total. The second-order valence-electron chi connectivity index (χ2n) is 12.5. The Morgan fingerprint density at radius 2 is 1.93 bits per heavy atom. The summed E-state index contributed by atoms with van der Waals surface area (Å²) in [5.74, 6) is -0.00720. The minimum Gasteiger partial charge on any atom is -0.462 e. The first-order valence-corrected chi connectivity index (χ1v) is 15.2. The number of piperazine rings is 1. The summed E-state index contributed by atoms with van der Waals surface area (Å²) in [6.07, 6.45) is -2.99. The Labute approximate surface area is 256 Å². The maximum Gasteiger partial charge on any atom is 0.416 e. The van der Waals surface area contributed by atoms with Crippen molar-refractivity contribution in [3.05, 3.63) is 52.7 Å². The molecular weight excluding hydrogens is 576 g/mol. The Morgan fingerprint density at radius 1 is 1.18 bits per heavy atom. The summed E-state index contributed by atoms with van der Waals surface area (Å²) < 4.78 is 63.4. The molecule has 3 aliphatic rings. The van der Waals surface area contributed by atoms with Gasteiger partial charge in [-0.2, -0.15) is 23.1 Å². The summed E-state index contributed by atoms with van der Waals surface area (Å²) in [7, 11) is 3.55. The zero-order chi connectivity index (χ0) is 31.9. The van der Waals surface area contributed by atoms with Crippen molar-refractivity contribution in [2.24, 2.45) is 5.92 Å². The summed E-state index contributed by atoms with van der Waals surface area (Å²) in [6.45, 7) is 11.1. The maximum atomic E-state index is 14.4. The zero-order valence-corrected chi connectivity index (χ0v) is 26.0. The largest absolute Gasteiger partial charge is 0.462 e. The van der Waals surface area contributed by atoms with Gasteiger partial charge in [0.15, 0.2) is 0 Å². The van der Waals surface area contributed by atoms with Crippen molar-refractivity contribution in [2.75, 3.05) is 57.1 Å². The number of likely N-dealkylation sites (tertiary alicyclic amines) is 1. The van der Waals surface area contributed by atoms with Gasteiger partial charge >= 0.3 is 12.2 Å². The average molecular weight is 619 g/mol. The number of fused-ring (bicyclic) bond motifs is 1. The van der Waals surface area contributed by atoms with E-state index in [-0.39, 0.29) is 54.1 Å². The van der Waals surface area contributed by atoms with E-state index in [0.717, 1.165) is 5.56 Å². The SMILES string of the molecule is C=CC(=O)N1CCN(c2nc(OC[C@@H]3C[C@@H](F)CN3C)nc3c2C[C@H](C)[C@@H](c2cc(NC)cc(C)c2C(F)(F)F)C3)[C@@H](C)C1. The number of alkyl halides is 4. The van der Waals surface area contributed by atoms with E-state index < -0.39 is 23.8 Å². The second-order valence-corrected chi connectivity index (χ2v) is 12.5. The molecule has 0 spiro atoms. The molecule has 2 saturated heterocycles. The number of rotatable bonds is 7. The number of hydrogen-bond acceptors (Lipinski definition) is 7. The predicted octanol–water partition coefficient (Wildman–Crippen LogP) is 5.01. The highest BCUT2D eigenvalue weighted by Gasteiger charge is 2.41. The molecule has 1 aliphatic carbocycles. The van der Waals surface area contributed by atoms with Crippen molar-refractivity contribution in [1.82, 2.24) is 19.8 Å². The van der Waals surface area contributed by atoms with Crippen LogP contribution < -0.4 is 15.0 Å². The third-order valence-electron chi connectivity index (χ3n) is 9.44. The fraction of sp³-hybridized carbons (Fsp3) is 0.594. The number of aromatic nitrogens is 2. The van der Waals surface area contributed by atoms with E-state index in [1.807, 2.05) is 25.8 Å². The van der Waals surface area contributed by atoms with E-state index >= 15 is 0 Å². The van der Waals surface area contributed by atoms with Gasteiger partial charge in [0.1, 0.15) is 18.6 Å². The Kier molecular flexibility index (Phi) is 9.11. The van der Waals surface area contributed by atoms with Crippen LogP contribution in [0.2, 0.25) is 0 Å². The minimum absolute atomic E-state index is 0.0763. The lowest BCUT2D eigenvalue weighted by atomic mass is 9.73. The van der Waals surface area contributed by atoms with E-state index in [2.05, 4.69) is 16.8 Å². The monoisotopic (exact) mass is 618 g/mol. The van der Waals surface area contributed by atoms with Crippen LogP contribution in [0.1, 0.15) is 54.1 Å². The molecule has 0 bridgehead atoms. The summed E-state index contributed by atoms with van der Waals surface area (Å²) in [6, 6.07) is 3.07. The highest BCUT2D eigenvalue weighted by molar-refractivity contribution is 5.87. The van der Waals surface area contributed by atoms with Gasteiger partial charge in [-0.3, -0.25) is 9.69 Å². The Bertz CT molecular complexity index is 1400. The smallest absolute Gasteiger partial charge is 0.416 e. The first-order valence-electron chi connectivity index (χ1n) is 15.2. The highest BCUT2D eigenvalue weighted by atomic mass is 19.4. The number of hydrogen-bond donors (Lipinski definition) is 1. The number of nitrogens with one attached hydrogen (secondary N) is 1. The van der Waals surface area contributed by atoms with Crippen molar-refractivity contribution in [1.29, 1.82) is 0 Å². The molecular formula is C32H42F4N6O2. The number of halogens is 4. The molecule has 2 aliphatic heterocycles. The number of ether oxygens (including phenoxy) is 1. The Morgan fingerprint density at radius 3 is 2.55 bits per heavy atom. The van der Waals surface area contributed by atoms with E-state index in [1.54, 1.807) is 18.0 Å². The summed E-state index contributed by atoms with van der Waals surface area (Å²) in [4.78, 5) is 27.7. The van der Waals surface area contributed by atoms with Crippen molar-refractivity contribution < 1.29 is 27.1 Å². The van der Waals surface area contributed by atoms with Crippen LogP contribution in [0.3, 0.4) is 0 Å². The molecule has 44 heavy (non-hydrogen) atoms. The number of carbonyl (C=O) groups is 1. The van der Waals surface area contributed by atoms with Crippen LogP contribution in [0.25, 0.3) is 0 Å². The number of likely N-dealkylation sites (N-methyl/N-ethyl adjacent to an activating group) is 1. The van der Waals surface area contributed by atoms with Gasteiger partial charge in [-0.25, -0.2) is 4.39 Å². The molecule has 5 rings (SSSR count). The molecule has 5 atom stereocenters. The lowest BCUT2D eigenvalue weighted by Crippen LogP contribution is -2.54. The summed E-state index contributed by atoms with van der Waals surface area (Å²) in [5.41, 5.74) is 2.03. The number of anilines is 2. The number of amides is 1. The summed E-state index contributed by atoms with van der Waals surface area (Å²) in [5, 5.41) is 3.01. The van der Waals surface area contributed by atoms with Crippen LogP contribution in [0.4, 0.5) is 29.1 Å². The van der Waals surface area contributed by atoms with Crippen molar-refractivity contribution >= 4 is 17.4 Å². The van der Waals surface area contributed by atoms with Crippen LogP contribution in [-0.4, -0.2) is 90.8 Å². The van der Waals surface area contributed by atoms with Crippen LogP contribution in [0.5, 0.6) is 6.01 Å². The third kappa shape index (κ3) is 6.36. The third-order valence-corrected chi connectivity index (χ3v) is 9.44. The molecule has 240 valence electrons. The zero-order valence-electron chi connectivity index (χ0n) is 26.0. The maximum absolute atomic E-state index is 14.4. The topological polar surface area (TPSA) is 73.8 Å². The molecule has 12 heteroatoms. The molecule has 8 nitrogen and oxygen atoms in total. The van der Waals surface area contributed by atoms with Crippen LogP contribution in [0.15, 0.2) is 24.8 Å². The standard InChI is InChI=1S/C32H42F4N6O2/c1-7-28(43)41-8-9-42(20(4)15-41)30-26-11-18(2)24(25-13-22(37-5)10-19(3)29(25)32(34,35)36)14-27(26)38-31(39-30)44-17-23-12-21(33)16-40(23)6/h7,10,13,18,20-21,23-24,37H,1,8-9,11-12,14-17H2,2-6H3/t18-,20-,21+,23-,24-/m0/s1. The van der Waals surface area contributed by atoms with Gasteiger partial charge in [-0.15, -0.1) is 0 Å². The van der Waals surface area contributed by atoms with Gasteiger partial charge in [0.25, 0.3) is 0 Å². The minimum atomic E-state index is -4.50. The van der Waals surface area contributed by atoms with Gasteiger partial charge in [0.05, 0.1) is 11.3 Å². The Balaban J connectivity index is 1.54. The predicted molar refractivity (Wildman–Crippen MR) is 162 cm³/mol. The van der Waals surface area contributed by atoms with E-state index in [9.17, 15) is 22.4 Å². The first-order chi connectivity index (χ1) is 20.8. The van der Waals surface area contributed by atoms with Gasteiger partial charge < -0.3 is 19.9 Å². The van der Waals surface area contributed by atoms with E-state index in [0.29, 0.717) is 56.2 Å². The quantitative estimate of drug-likeness (QED) is 0.346. The second kappa shape index (κ2) is 12.5. The highest BCUT2D eigenvalue weighted by Crippen LogP contribution is 2.46. The molecule has 0 radical (unpaired) electrons. The molecule has 0 saturated carbocycles. The summed E-state index contributed by atoms with van der Waals surface area (Å²) >= 11 is 0. The molecule has 1 amide bonds. The lowest BCUT2D eigenvalue weighted by molar-refractivity contribution is -0.139. The lowest BCUT2D eigenvalue weighted by Gasteiger charge is -2.42. The van der Waals surface area contributed by atoms with Gasteiger partial charge in [0, 0.05) is 56.6 Å². The molecule has 0 unspecified atom stereocenters. The Hall–Kier alpha value is -3.41. The van der Waals surface area contributed by atoms with Crippen molar-refractivity contribution in [2.45, 2.75) is 70.4 Å². The fourth-order valence-corrected chi connectivity index (χ4v) is 7.08.